The quantitative estimate of drug-likeness (QED) is 0.123. The largest absolute Gasteiger partial charge is 0.487 e. The molecule has 270 valence electrons. The second-order valence-electron chi connectivity index (χ2n) is 13.5. The van der Waals surface area contributed by atoms with Crippen molar-refractivity contribution in [3.05, 3.63) is 114 Å². The maximum absolute atomic E-state index is 13.8. The summed E-state index contributed by atoms with van der Waals surface area (Å²) < 4.78 is 45.6. The lowest BCUT2D eigenvalue weighted by Crippen LogP contribution is -2.36. The number of hydrogen-bond acceptors (Lipinski definition) is 8. The number of rotatable bonds is 7. The van der Waals surface area contributed by atoms with Crippen LogP contribution in [0.15, 0.2) is 85.5 Å². The van der Waals surface area contributed by atoms with E-state index in [0.717, 1.165) is 41.6 Å². The number of anilines is 2. The van der Waals surface area contributed by atoms with Gasteiger partial charge in [0.25, 0.3) is 11.9 Å². The number of halogens is 4. The summed E-state index contributed by atoms with van der Waals surface area (Å²) in [7, 11) is 0. The molecule has 1 saturated carbocycles. The average Bonchev–Trinajstić information content (AvgIpc) is 3.81. The number of aromatic nitrogens is 6. The van der Waals surface area contributed by atoms with Gasteiger partial charge in [0.1, 0.15) is 5.75 Å². The van der Waals surface area contributed by atoms with Crippen LogP contribution >= 0.6 is 11.6 Å². The van der Waals surface area contributed by atoms with Gasteiger partial charge >= 0.3 is 5.57 Å². The maximum atomic E-state index is 13.8. The predicted octanol–water partition coefficient (Wildman–Crippen LogP) is 8.07. The molecule has 3 aliphatic rings. The van der Waals surface area contributed by atoms with E-state index >= 15 is 0 Å². The fourth-order valence-corrected chi connectivity index (χ4v) is 7.82. The summed E-state index contributed by atoms with van der Waals surface area (Å²) >= 11 is 4.88. The number of benzene rings is 2. The van der Waals surface area contributed by atoms with Crippen LogP contribution in [-0.4, -0.2) is 47.1 Å². The van der Waals surface area contributed by atoms with E-state index in [1.807, 2.05) is 12.3 Å². The van der Waals surface area contributed by atoms with Gasteiger partial charge in [-0.15, -0.1) is 8.78 Å². The summed E-state index contributed by atoms with van der Waals surface area (Å²) in [6.07, 6.45) is 11.4. The van der Waals surface area contributed by atoms with Crippen LogP contribution in [0.5, 0.6) is 5.75 Å². The molecule has 9 rings (SSSR count). The summed E-state index contributed by atoms with van der Waals surface area (Å²) in [5, 5.41) is 10.7. The van der Waals surface area contributed by atoms with Crippen molar-refractivity contribution in [2.75, 3.05) is 10.6 Å². The molecule has 2 N–H and O–H groups in total. The Bertz CT molecular complexity index is 2480. The van der Waals surface area contributed by atoms with Gasteiger partial charge in [-0.2, -0.15) is 9.49 Å². The number of alkyl halides is 3. The molecule has 11 nitrogen and oxygen atoms in total. The number of ether oxygens (including phenoxy) is 1. The van der Waals surface area contributed by atoms with Gasteiger partial charge in [0.05, 0.1) is 22.5 Å². The fourth-order valence-electron chi connectivity index (χ4n) is 7.73. The van der Waals surface area contributed by atoms with Crippen molar-refractivity contribution in [1.82, 2.24) is 29.7 Å². The maximum Gasteiger partial charge on any atom is 0.487 e. The molecule has 54 heavy (non-hydrogen) atoms. The van der Waals surface area contributed by atoms with Crippen LogP contribution in [0.2, 0.25) is 0 Å². The van der Waals surface area contributed by atoms with E-state index < -0.39 is 22.8 Å². The number of amides is 2. The molecule has 0 saturated heterocycles. The number of nitrogens with one attached hydrogen (secondary N) is 2. The number of carbonyl (C=O) groups excluding carboxylic acids is 2. The highest BCUT2D eigenvalue weighted by Gasteiger charge is 2.49. The van der Waals surface area contributed by atoms with Crippen molar-refractivity contribution in [2.24, 2.45) is 0 Å². The molecule has 2 aromatic carbocycles. The van der Waals surface area contributed by atoms with Crippen molar-refractivity contribution in [1.29, 1.82) is 0 Å². The van der Waals surface area contributed by atoms with E-state index in [1.165, 1.54) is 36.5 Å². The Morgan fingerprint density at radius 1 is 0.944 bits per heavy atom. The Balaban J connectivity index is 1.08. The van der Waals surface area contributed by atoms with E-state index in [9.17, 15) is 22.8 Å². The molecular weight excluding hydrogens is 721 g/mol. The zero-order valence-corrected chi connectivity index (χ0v) is 29.0. The molecule has 2 aliphatic carbocycles. The van der Waals surface area contributed by atoms with Gasteiger partial charge in [-0.3, -0.25) is 14.6 Å². The van der Waals surface area contributed by atoms with Crippen molar-refractivity contribution >= 4 is 34.8 Å². The molecule has 0 radical (unpaired) electrons. The highest BCUT2D eigenvalue weighted by Crippen LogP contribution is 2.52. The molecule has 0 bridgehead atoms. The highest BCUT2D eigenvalue weighted by molar-refractivity contribution is 6.20. The third kappa shape index (κ3) is 6.01. The van der Waals surface area contributed by atoms with Gasteiger partial charge in [0, 0.05) is 82.0 Å². The fraction of sp³-hybridized carbons (Fsp3) is 0.205. The Hall–Kier alpha value is -6.15. The van der Waals surface area contributed by atoms with Crippen LogP contribution in [0.3, 0.4) is 0 Å². The lowest BCUT2D eigenvalue weighted by Gasteiger charge is -2.33. The van der Waals surface area contributed by atoms with Gasteiger partial charge in [-0.05, 0) is 84.6 Å². The number of hydrogen-bond donors (Lipinski definition) is 2. The molecular formula is C39H28ClF3N8O3. The van der Waals surface area contributed by atoms with E-state index in [-0.39, 0.29) is 17.2 Å². The zero-order chi connectivity index (χ0) is 37.2. The molecule has 1 spiro atoms. The summed E-state index contributed by atoms with van der Waals surface area (Å²) in [5.41, 5.74) is 3.32. The van der Waals surface area contributed by atoms with E-state index in [4.69, 9.17) is 21.7 Å². The highest BCUT2D eigenvalue weighted by atomic mass is 35.5. The van der Waals surface area contributed by atoms with Gasteiger partial charge in [-0.1, -0.05) is 19.3 Å². The zero-order valence-electron chi connectivity index (χ0n) is 28.2. The Morgan fingerprint density at radius 2 is 1.74 bits per heavy atom. The van der Waals surface area contributed by atoms with Crippen molar-refractivity contribution < 1.29 is 27.5 Å². The smallest absolute Gasteiger partial charge is 0.420 e. The van der Waals surface area contributed by atoms with Crippen LogP contribution in [0.1, 0.15) is 59.3 Å². The third-order valence-electron chi connectivity index (χ3n) is 10.2. The molecule has 0 atom stereocenters. The minimum absolute atomic E-state index is 0.0866. The molecule has 0 unspecified atom stereocenters. The molecule has 1 fully saturated rings. The van der Waals surface area contributed by atoms with Crippen LogP contribution in [0, 0.1) is 5.95 Å². The van der Waals surface area contributed by atoms with Crippen LogP contribution in [0.25, 0.3) is 39.6 Å². The molecule has 2 amide bonds. The van der Waals surface area contributed by atoms with Gasteiger partial charge in [0.15, 0.2) is 0 Å². The molecule has 5 heterocycles. The molecule has 6 aromatic rings. The van der Waals surface area contributed by atoms with Crippen molar-refractivity contribution in [2.45, 2.75) is 49.5 Å². The van der Waals surface area contributed by atoms with Crippen molar-refractivity contribution in [3.8, 4) is 45.3 Å². The predicted molar refractivity (Wildman–Crippen MR) is 193 cm³/mol. The number of pyridine rings is 2. The van der Waals surface area contributed by atoms with E-state index in [2.05, 4.69) is 30.3 Å². The van der Waals surface area contributed by atoms with Gasteiger partial charge < -0.3 is 15.4 Å². The minimum atomic E-state index is -3.87. The Kier molecular flexibility index (Phi) is 7.96. The van der Waals surface area contributed by atoms with Gasteiger partial charge in [0.2, 0.25) is 11.9 Å². The van der Waals surface area contributed by atoms with Gasteiger partial charge in [-0.25, -0.2) is 19.6 Å². The number of nitrogens with zero attached hydrogens (tertiary/aromatic N) is 6. The first-order valence-electron chi connectivity index (χ1n) is 17.2. The molecule has 15 heteroatoms. The Morgan fingerprint density at radius 3 is 2.50 bits per heavy atom. The van der Waals surface area contributed by atoms with Crippen molar-refractivity contribution in [3.63, 3.8) is 0 Å². The monoisotopic (exact) mass is 748 g/mol. The first-order valence-corrected chi connectivity index (χ1v) is 17.6. The second-order valence-corrected chi connectivity index (χ2v) is 14.0. The third-order valence-corrected chi connectivity index (χ3v) is 10.2. The lowest BCUT2D eigenvalue weighted by molar-refractivity contribution is -0.121. The van der Waals surface area contributed by atoms with Crippen LogP contribution < -0.4 is 15.4 Å². The summed E-state index contributed by atoms with van der Waals surface area (Å²) in [6.45, 7) is 0. The normalized spacial score (nSPS) is 15.4. The molecule has 1 aliphatic heterocycles. The summed E-state index contributed by atoms with van der Waals surface area (Å²) in [5.74, 6) is -0.983. The SMILES string of the molecule is O=C(Nc1ccc(OC(F)(F)Cl)cc1)c1cc2c(c(-c3cnc4c(c3)-c3nn(-c5nccc(-c6ccc(F)nc6)n5)cc3C4)c1)C1(CCCCC1)C(=O)N2. The number of carbonyl (C=O) groups is 2. The summed E-state index contributed by atoms with van der Waals surface area (Å²) in [6, 6.07) is 15.4. The first-order chi connectivity index (χ1) is 26.0. The van der Waals surface area contributed by atoms with Crippen LogP contribution in [-0.2, 0) is 16.6 Å². The second kappa shape index (κ2) is 12.8. The Labute approximate surface area is 310 Å². The first kappa shape index (κ1) is 33.7. The standard InChI is InChI=1S/C39H28ClF3N8O3/c40-39(42,43)54-26-7-5-25(6-8-26)47-35(52)22-14-27(33-31(16-22)48-36(53)38(33)11-2-1-3-12-38)23-15-28-30(45-19-23)17-24-20-51(50-34(24)28)37-44-13-10-29(49-37)21-4-9-32(41)46-18-21/h4-10,13-16,18-20H,1-3,11-12,17H2,(H,47,52)(H,48,53). The lowest BCUT2D eigenvalue weighted by atomic mass is 9.68. The average molecular weight is 749 g/mol. The minimum Gasteiger partial charge on any atom is -0.420 e. The summed E-state index contributed by atoms with van der Waals surface area (Å²) in [4.78, 5) is 45.1. The number of fused-ring (bicyclic) bond motifs is 5. The molecule has 4 aromatic heterocycles. The van der Waals surface area contributed by atoms with Crippen LogP contribution in [0.4, 0.5) is 24.5 Å². The topological polar surface area (TPSA) is 137 Å². The van der Waals surface area contributed by atoms with E-state index in [1.54, 1.807) is 41.3 Å². The van der Waals surface area contributed by atoms with E-state index in [0.29, 0.717) is 64.7 Å².